The van der Waals surface area contributed by atoms with Crippen LogP contribution in [0, 0.1) is 0 Å². The second-order valence-electron chi connectivity index (χ2n) is 6.25. The molecule has 23 heavy (non-hydrogen) atoms. The van der Waals surface area contributed by atoms with Crippen molar-refractivity contribution in [1.82, 2.24) is 9.78 Å². The number of aliphatic hydroxyl groups is 1. The van der Waals surface area contributed by atoms with E-state index in [1.165, 1.54) is 4.68 Å². The monoisotopic (exact) mass is 325 g/mol. The Morgan fingerprint density at radius 1 is 1.35 bits per heavy atom. The summed E-state index contributed by atoms with van der Waals surface area (Å²) in [6, 6.07) is 9.47. The van der Waals surface area contributed by atoms with E-state index in [4.69, 9.17) is 5.73 Å². The van der Waals surface area contributed by atoms with Gasteiger partial charge >= 0.3 is 6.18 Å². The molecule has 0 saturated carbocycles. The van der Waals surface area contributed by atoms with Crippen LogP contribution in [0.15, 0.2) is 30.3 Å². The first-order valence-electron chi connectivity index (χ1n) is 7.38. The summed E-state index contributed by atoms with van der Waals surface area (Å²) in [5.74, 6) is 0. The van der Waals surface area contributed by atoms with Gasteiger partial charge < -0.3 is 10.8 Å². The van der Waals surface area contributed by atoms with Crippen molar-refractivity contribution in [2.24, 2.45) is 5.73 Å². The Kier molecular flexibility index (Phi) is 3.72. The quantitative estimate of drug-likeness (QED) is 0.911. The van der Waals surface area contributed by atoms with Crippen molar-refractivity contribution >= 4 is 0 Å². The number of nitrogens with zero attached hydrogens (tertiary/aromatic N) is 2. The average Bonchev–Trinajstić information content (AvgIpc) is 2.93. The molecular weight excluding hydrogens is 307 g/mol. The lowest BCUT2D eigenvalue weighted by Gasteiger charge is -2.23. The van der Waals surface area contributed by atoms with Crippen molar-refractivity contribution in [1.29, 1.82) is 0 Å². The molecule has 7 heteroatoms. The van der Waals surface area contributed by atoms with Gasteiger partial charge in [-0.2, -0.15) is 18.3 Å². The number of nitrogens with two attached hydrogens (primary N) is 1. The molecule has 2 unspecified atom stereocenters. The molecule has 124 valence electrons. The highest BCUT2D eigenvalue weighted by atomic mass is 19.4. The highest BCUT2D eigenvalue weighted by Gasteiger charge is 2.49. The van der Waals surface area contributed by atoms with E-state index < -0.39 is 23.5 Å². The second kappa shape index (κ2) is 5.35. The number of aliphatic hydroxyl groups excluding tert-OH is 1. The lowest BCUT2D eigenvalue weighted by molar-refractivity contribution is -0.143. The molecule has 1 heterocycles. The van der Waals surface area contributed by atoms with Crippen LogP contribution in [0.1, 0.15) is 35.5 Å². The number of fused-ring (bicyclic) bond motifs is 1. The molecule has 0 spiro atoms. The van der Waals surface area contributed by atoms with Crippen LogP contribution < -0.4 is 5.73 Å². The van der Waals surface area contributed by atoms with E-state index in [-0.39, 0.29) is 12.0 Å². The van der Waals surface area contributed by atoms with Gasteiger partial charge in [0.1, 0.15) is 6.10 Å². The molecule has 0 amide bonds. The lowest BCUT2D eigenvalue weighted by atomic mass is 9.97. The third kappa shape index (κ3) is 2.86. The molecule has 3 N–H and O–H groups in total. The van der Waals surface area contributed by atoms with E-state index in [0.29, 0.717) is 18.7 Å². The number of hydrogen-bond acceptors (Lipinski definition) is 3. The summed E-state index contributed by atoms with van der Waals surface area (Å²) in [4.78, 5) is 0. The zero-order valence-electron chi connectivity index (χ0n) is 12.6. The highest BCUT2D eigenvalue weighted by Crippen LogP contribution is 2.44. The van der Waals surface area contributed by atoms with Crippen LogP contribution in [0.25, 0.3) is 0 Å². The Balaban J connectivity index is 1.95. The maximum atomic E-state index is 13.2. The fourth-order valence-electron chi connectivity index (χ4n) is 3.05. The smallest absolute Gasteiger partial charge is 0.386 e. The van der Waals surface area contributed by atoms with Crippen molar-refractivity contribution < 1.29 is 18.3 Å². The minimum Gasteiger partial charge on any atom is -0.386 e. The predicted molar refractivity (Wildman–Crippen MR) is 78.6 cm³/mol. The zero-order chi connectivity index (χ0) is 16.8. The van der Waals surface area contributed by atoms with E-state index in [1.54, 1.807) is 6.92 Å². The standard InChI is InChI=1S/C16H18F3N3O/c1-15(20)9-11-12(14(15)23)13(16(17,18)19)21-22(11)8-7-10-5-3-2-4-6-10/h2-6,14,23H,7-9,20H2,1H3. The van der Waals surface area contributed by atoms with Crippen LogP contribution in [0.2, 0.25) is 0 Å². The molecule has 1 aromatic carbocycles. The van der Waals surface area contributed by atoms with Crippen LogP contribution >= 0.6 is 0 Å². The maximum absolute atomic E-state index is 13.2. The van der Waals surface area contributed by atoms with Gasteiger partial charge in [0.25, 0.3) is 0 Å². The van der Waals surface area contributed by atoms with Gasteiger partial charge in [-0.1, -0.05) is 30.3 Å². The fourth-order valence-corrected chi connectivity index (χ4v) is 3.05. The van der Waals surface area contributed by atoms with Crippen LogP contribution in [-0.2, 0) is 25.6 Å². The number of rotatable bonds is 3. The van der Waals surface area contributed by atoms with E-state index in [9.17, 15) is 18.3 Å². The first-order chi connectivity index (χ1) is 10.7. The Morgan fingerprint density at radius 3 is 2.61 bits per heavy atom. The number of alkyl halides is 3. The summed E-state index contributed by atoms with van der Waals surface area (Å²) in [6.07, 6.45) is -5.24. The highest BCUT2D eigenvalue weighted by molar-refractivity contribution is 5.39. The molecule has 2 aromatic rings. The topological polar surface area (TPSA) is 64.1 Å². The van der Waals surface area contributed by atoms with Crippen LogP contribution in [0.5, 0.6) is 0 Å². The third-order valence-electron chi connectivity index (χ3n) is 4.27. The molecule has 1 aromatic heterocycles. The fraction of sp³-hybridized carbons (Fsp3) is 0.438. The van der Waals surface area contributed by atoms with Gasteiger partial charge in [-0.25, -0.2) is 0 Å². The minimum absolute atomic E-state index is 0.168. The summed E-state index contributed by atoms with van der Waals surface area (Å²) < 4.78 is 41.0. The molecular formula is C16H18F3N3O. The first kappa shape index (κ1) is 16.0. The maximum Gasteiger partial charge on any atom is 0.435 e. The normalized spacial score (nSPS) is 24.0. The predicted octanol–water partition coefficient (Wildman–Crippen LogP) is 2.45. The molecule has 2 atom stereocenters. The summed E-state index contributed by atoms with van der Waals surface area (Å²) in [6.45, 7) is 1.87. The summed E-state index contributed by atoms with van der Waals surface area (Å²) in [5, 5.41) is 13.9. The first-order valence-corrected chi connectivity index (χ1v) is 7.38. The van der Waals surface area contributed by atoms with Gasteiger partial charge in [0.05, 0.1) is 0 Å². The van der Waals surface area contributed by atoms with Crippen molar-refractivity contribution in [3.63, 3.8) is 0 Å². The molecule has 0 radical (unpaired) electrons. The molecule has 0 fully saturated rings. The van der Waals surface area contributed by atoms with Gasteiger partial charge in [0.2, 0.25) is 0 Å². The Labute approximate surface area is 131 Å². The van der Waals surface area contributed by atoms with Gasteiger partial charge in [0, 0.05) is 29.8 Å². The summed E-state index contributed by atoms with van der Waals surface area (Å²) in [5.41, 5.74) is 5.03. The molecule has 1 aliphatic rings. The molecule has 0 bridgehead atoms. The minimum atomic E-state index is -4.61. The van der Waals surface area contributed by atoms with Crippen molar-refractivity contribution in [2.75, 3.05) is 0 Å². The van der Waals surface area contributed by atoms with Crippen molar-refractivity contribution in [3.05, 3.63) is 52.8 Å². The van der Waals surface area contributed by atoms with E-state index in [2.05, 4.69) is 5.10 Å². The Bertz CT molecular complexity index is 707. The number of aryl methyl sites for hydroxylation is 2. The van der Waals surface area contributed by atoms with Crippen LogP contribution in [-0.4, -0.2) is 20.4 Å². The molecule has 1 aliphatic carbocycles. The second-order valence-corrected chi connectivity index (χ2v) is 6.25. The van der Waals surface area contributed by atoms with Gasteiger partial charge in [-0.3, -0.25) is 4.68 Å². The van der Waals surface area contributed by atoms with Crippen LogP contribution in [0.4, 0.5) is 13.2 Å². The largest absolute Gasteiger partial charge is 0.435 e. The molecule has 3 rings (SSSR count). The van der Waals surface area contributed by atoms with Crippen molar-refractivity contribution in [2.45, 2.75) is 44.1 Å². The van der Waals surface area contributed by atoms with Crippen LogP contribution in [0.3, 0.4) is 0 Å². The average molecular weight is 325 g/mol. The number of halogens is 3. The molecule has 0 saturated heterocycles. The lowest BCUT2D eigenvalue weighted by Crippen LogP contribution is -2.41. The number of aromatic nitrogens is 2. The Hall–Kier alpha value is -1.86. The number of hydrogen-bond donors (Lipinski definition) is 2. The summed E-state index contributed by atoms with van der Waals surface area (Å²) >= 11 is 0. The van der Waals surface area contributed by atoms with E-state index in [0.717, 1.165) is 5.56 Å². The van der Waals surface area contributed by atoms with Gasteiger partial charge in [-0.15, -0.1) is 0 Å². The zero-order valence-corrected chi connectivity index (χ0v) is 12.6. The third-order valence-corrected chi connectivity index (χ3v) is 4.27. The van der Waals surface area contributed by atoms with E-state index in [1.807, 2.05) is 30.3 Å². The molecule has 4 nitrogen and oxygen atoms in total. The number of benzene rings is 1. The summed E-state index contributed by atoms with van der Waals surface area (Å²) in [7, 11) is 0. The molecule has 0 aliphatic heterocycles. The van der Waals surface area contributed by atoms with E-state index >= 15 is 0 Å². The van der Waals surface area contributed by atoms with Crippen molar-refractivity contribution in [3.8, 4) is 0 Å². The van der Waals surface area contributed by atoms with Gasteiger partial charge in [-0.05, 0) is 18.9 Å². The van der Waals surface area contributed by atoms with Gasteiger partial charge in [0.15, 0.2) is 5.69 Å². The Morgan fingerprint density at radius 2 is 2.00 bits per heavy atom. The SMILES string of the molecule is CC1(N)Cc2c(c(C(F)(F)F)nn2CCc2ccccc2)C1O.